The average Bonchev–Trinajstić information content (AvgIpc) is 2.90. The number of nitrogens with two attached hydrogens (primary N) is 1. The first-order chi connectivity index (χ1) is 8.68. The maximum Gasteiger partial charge on any atom is 0.122 e. The third kappa shape index (κ3) is 3.26. The summed E-state index contributed by atoms with van der Waals surface area (Å²) in [6.45, 7) is 5.03. The Hall–Kier alpha value is -1.02. The molecule has 0 aliphatic heterocycles. The van der Waals surface area contributed by atoms with Gasteiger partial charge in [0.2, 0.25) is 0 Å². The molecular formula is C16H25NO. The average molecular weight is 247 g/mol. The van der Waals surface area contributed by atoms with Crippen LogP contribution in [0.15, 0.2) is 24.3 Å². The Morgan fingerprint density at radius 3 is 2.56 bits per heavy atom. The van der Waals surface area contributed by atoms with Crippen LogP contribution in [0.25, 0.3) is 0 Å². The van der Waals surface area contributed by atoms with Crippen molar-refractivity contribution >= 4 is 0 Å². The molecule has 0 bridgehead atoms. The molecule has 1 aromatic carbocycles. The van der Waals surface area contributed by atoms with E-state index in [1.165, 1.54) is 31.2 Å². The zero-order valence-electron chi connectivity index (χ0n) is 11.6. The molecule has 0 saturated heterocycles. The van der Waals surface area contributed by atoms with E-state index in [9.17, 15) is 0 Å². The molecule has 0 aromatic heterocycles. The summed E-state index contributed by atoms with van der Waals surface area (Å²) >= 11 is 0. The lowest BCUT2D eigenvalue weighted by Crippen LogP contribution is -2.34. The van der Waals surface area contributed by atoms with Gasteiger partial charge in [-0.3, -0.25) is 0 Å². The van der Waals surface area contributed by atoms with Gasteiger partial charge in [0, 0.05) is 6.04 Å². The first kappa shape index (κ1) is 13.4. The number of hydrogen-bond donors (Lipinski definition) is 1. The third-order valence-corrected chi connectivity index (χ3v) is 3.98. The Balaban J connectivity index is 1.93. The van der Waals surface area contributed by atoms with E-state index >= 15 is 0 Å². The topological polar surface area (TPSA) is 35.2 Å². The van der Waals surface area contributed by atoms with Crippen molar-refractivity contribution in [3.63, 3.8) is 0 Å². The molecule has 1 atom stereocenters. The standard InChI is InChI=1S/C16H25NO/c1-12(2)14-9-5-6-10-16(14)18-11-15(17)13-7-3-4-8-13/h5-6,9-10,12-13,15H,3-4,7-8,11,17H2,1-2H3. The molecule has 0 radical (unpaired) electrons. The predicted octanol–water partition coefficient (Wildman–Crippen LogP) is 3.71. The van der Waals surface area contributed by atoms with E-state index in [4.69, 9.17) is 10.5 Å². The summed E-state index contributed by atoms with van der Waals surface area (Å²) in [5, 5.41) is 0. The molecule has 1 saturated carbocycles. The second-order valence-corrected chi connectivity index (χ2v) is 5.71. The van der Waals surface area contributed by atoms with Gasteiger partial charge in [-0.15, -0.1) is 0 Å². The maximum absolute atomic E-state index is 6.23. The van der Waals surface area contributed by atoms with Crippen molar-refractivity contribution in [1.82, 2.24) is 0 Å². The number of benzene rings is 1. The summed E-state index contributed by atoms with van der Waals surface area (Å²) in [6.07, 6.45) is 5.22. The SMILES string of the molecule is CC(C)c1ccccc1OCC(N)C1CCCC1. The van der Waals surface area contributed by atoms with Crippen LogP contribution in [0.4, 0.5) is 0 Å². The monoisotopic (exact) mass is 247 g/mol. The van der Waals surface area contributed by atoms with Crippen molar-refractivity contribution in [2.75, 3.05) is 6.61 Å². The molecule has 1 aromatic rings. The van der Waals surface area contributed by atoms with Gasteiger partial charge in [0.25, 0.3) is 0 Å². The summed E-state index contributed by atoms with van der Waals surface area (Å²) in [6, 6.07) is 8.48. The van der Waals surface area contributed by atoms with E-state index in [1.54, 1.807) is 0 Å². The first-order valence-corrected chi connectivity index (χ1v) is 7.15. The van der Waals surface area contributed by atoms with Gasteiger partial charge in [0.05, 0.1) is 0 Å². The molecule has 0 spiro atoms. The van der Waals surface area contributed by atoms with Crippen LogP contribution in [0, 0.1) is 5.92 Å². The van der Waals surface area contributed by atoms with Crippen LogP contribution in [-0.4, -0.2) is 12.6 Å². The predicted molar refractivity (Wildman–Crippen MR) is 76.0 cm³/mol. The third-order valence-electron chi connectivity index (χ3n) is 3.98. The first-order valence-electron chi connectivity index (χ1n) is 7.15. The van der Waals surface area contributed by atoms with Crippen LogP contribution in [0.1, 0.15) is 51.0 Å². The Labute approximate surface area is 111 Å². The molecule has 18 heavy (non-hydrogen) atoms. The van der Waals surface area contributed by atoms with Crippen molar-refractivity contribution in [3.05, 3.63) is 29.8 Å². The minimum Gasteiger partial charge on any atom is -0.492 e. The van der Waals surface area contributed by atoms with Gasteiger partial charge in [-0.25, -0.2) is 0 Å². The molecular weight excluding hydrogens is 222 g/mol. The van der Waals surface area contributed by atoms with Gasteiger partial charge in [0.15, 0.2) is 0 Å². The van der Waals surface area contributed by atoms with Crippen LogP contribution in [0.5, 0.6) is 5.75 Å². The molecule has 1 aliphatic rings. The highest BCUT2D eigenvalue weighted by Gasteiger charge is 2.22. The Bertz CT molecular complexity index is 369. The van der Waals surface area contributed by atoms with Crippen LogP contribution < -0.4 is 10.5 Å². The Morgan fingerprint density at radius 1 is 1.22 bits per heavy atom. The van der Waals surface area contributed by atoms with E-state index in [1.807, 2.05) is 6.07 Å². The highest BCUT2D eigenvalue weighted by atomic mass is 16.5. The smallest absolute Gasteiger partial charge is 0.122 e. The maximum atomic E-state index is 6.23. The normalized spacial score (nSPS) is 18.2. The molecule has 1 fully saturated rings. The summed E-state index contributed by atoms with van der Waals surface area (Å²) in [7, 11) is 0. The van der Waals surface area contributed by atoms with Gasteiger partial charge in [-0.05, 0) is 36.3 Å². The van der Waals surface area contributed by atoms with E-state index in [-0.39, 0.29) is 6.04 Å². The number of ether oxygens (including phenoxy) is 1. The zero-order chi connectivity index (χ0) is 13.0. The number of hydrogen-bond acceptors (Lipinski definition) is 2. The minimum atomic E-state index is 0.188. The second kappa shape index (κ2) is 6.24. The lowest BCUT2D eigenvalue weighted by atomic mass is 9.99. The van der Waals surface area contributed by atoms with Crippen molar-refractivity contribution in [2.24, 2.45) is 11.7 Å². The molecule has 0 heterocycles. The van der Waals surface area contributed by atoms with Crippen LogP contribution in [0.2, 0.25) is 0 Å². The molecule has 2 heteroatoms. The van der Waals surface area contributed by atoms with Gasteiger partial charge < -0.3 is 10.5 Å². The lowest BCUT2D eigenvalue weighted by molar-refractivity contribution is 0.245. The van der Waals surface area contributed by atoms with Gasteiger partial charge in [-0.1, -0.05) is 44.9 Å². The van der Waals surface area contributed by atoms with E-state index in [0.717, 1.165) is 5.75 Å². The second-order valence-electron chi connectivity index (χ2n) is 5.71. The van der Waals surface area contributed by atoms with Gasteiger partial charge >= 0.3 is 0 Å². The Kier molecular flexibility index (Phi) is 4.65. The highest BCUT2D eigenvalue weighted by Crippen LogP contribution is 2.29. The largest absolute Gasteiger partial charge is 0.492 e. The molecule has 2 rings (SSSR count). The zero-order valence-corrected chi connectivity index (χ0v) is 11.6. The van der Waals surface area contributed by atoms with Gasteiger partial charge in [0.1, 0.15) is 12.4 Å². The van der Waals surface area contributed by atoms with E-state index in [2.05, 4.69) is 32.0 Å². The lowest BCUT2D eigenvalue weighted by Gasteiger charge is -2.21. The summed E-state index contributed by atoms with van der Waals surface area (Å²) in [5.41, 5.74) is 7.50. The van der Waals surface area contributed by atoms with Crippen molar-refractivity contribution in [1.29, 1.82) is 0 Å². The fraction of sp³-hybridized carbons (Fsp3) is 0.625. The Morgan fingerprint density at radius 2 is 1.89 bits per heavy atom. The van der Waals surface area contributed by atoms with Gasteiger partial charge in [-0.2, -0.15) is 0 Å². The molecule has 2 nitrogen and oxygen atoms in total. The van der Waals surface area contributed by atoms with E-state index in [0.29, 0.717) is 18.4 Å². The van der Waals surface area contributed by atoms with Crippen LogP contribution in [-0.2, 0) is 0 Å². The summed E-state index contributed by atoms with van der Waals surface area (Å²) < 4.78 is 5.95. The fourth-order valence-corrected chi connectivity index (χ4v) is 2.80. The minimum absolute atomic E-state index is 0.188. The van der Waals surface area contributed by atoms with Crippen molar-refractivity contribution < 1.29 is 4.74 Å². The number of rotatable bonds is 5. The molecule has 1 unspecified atom stereocenters. The van der Waals surface area contributed by atoms with Crippen LogP contribution in [0.3, 0.4) is 0 Å². The van der Waals surface area contributed by atoms with Crippen molar-refractivity contribution in [2.45, 2.75) is 51.5 Å². The molecule has 2 N–H and O–H groups in total. The fourth-order valence-electron chi connectivity index (χ4n) is 2.80. The van der Waals surface area contributed by atoms with Crippen molar-refractivity contribution in [3.8, 4) is 5.75 Å². The van der Waals surface area contributed by atoms with Crippen LogP contribution >= 0.6 is 0 Å². The summed E-state index contributed by atoms with van der Waals surface area (Å²) in [4.78, 5) is 0. The molecule has 1 aliphatic carbocycles. The number of para-hydroxylation sites is 1. The quantitative estimate of drug-likeness (QED) is 0.861. The highest BCUT2D eigenvalue weighted by molar-refractivity contribution is 5.35. The molecule has 100 valence electrons. The molecule has 0 amide bonds. The summed E-state index contributed by atoms with van der Waals surface area (Å²) in [5.74, 6) is 2.15. The van der Waals surface area contributed by atoms with E-state index < -0.39 is 0 Å².